The summed E-state index contributed by atoms with van der Waals surface area (Å²) < 4.78 is 0. The smallest absolute Gasteiger partial charge is 0.220 e. The van der Waals surface area contributed by atoms with Crippen LogP contribution in [-0.4, -0.2) is 12.5 Å². The maximum Gasteiger partial charge on any atom is 0.220 e. The Kier molecular flexibility index (Phi) is 8.34. The second-order valence-corrected chi connectivity index (χ2v) is 3.69. The number of nitrogens with one attached hydrogen (secondary N) is 1. The molecule has 0 aromatic rings. The SMILES string of the molecule is CC.CCNC(=O)CC(C)(C)C. The fourth-order valence-corrected chi connectivity index (χ4v) is 0.741. The molecule has 0 rings (SSSR count). The molecule has 2 heteroatoms. The molecule has 0 atom stereocenters. The molecule has 0 fully saturated rings. The largest absolute Gasteiger partial charge is 0.356 e. The minimum absolute atomic E-state index is 0.110. The third-order valence-electron chi connectivity index (χ3n) is 1.06. The molecule has 0 aliphatic rings. The molecule has 0 aliphatic carbocycles. The Morgan fingerprint density at radius 1 is 1.25 bits per heavy atom. The van der Waals surface area contributed by atoms with Crippen molar-refractivity contribution in [3.63, 3.8) is 0 Å². The average Bonchev–Trinajstić information content (AvgIpc) is 1.88. The van der Waals surface area contributed by atoms with Crippen molar-refractivity contribution in [2.24, 2.45) is 5.41 Å². The first-order chi connectivity index (χ1) is 5.45. The van der Waals surface area contributed by atoms with Gasteiger partial charge in [-0.05, 0) is 12.3 Å². The molecule has 2 nitrogen and oxygen atoms in total. The second-order valence-electron chi connectivity index (χ2n) is 3.69. The van der Waals surface area contributed by atoms with Gasteiger partial charge in [0.15, 0.2) is 0 Å². The second kappa shape index (κ2) is 7.14. The summed E-state index contributed by atoms with van der Waals surface area (Å²) in [5.41, 5.74) is 0.110. The molecule has 0 aromatic carbocycles. The van der Waals surface area contributed by atoms with Crippen molar-refractivity contribution in [1.82, 2.24) is 5.32 Å². The van der Waals surface area contributed by atoms with Gasteiger partial charge in [-0.15, -0.1) is 0 Å². The van der Waals surface area contributed by atoms with Gasteiger partial charge in [0.1, 0.15) is 0 Å². The first-order valence-corrected chi connectivity index (χ1v) is 4.72. The third-order valence-corrected chi connectivity index (χ3v) is 1.06. The van der Waals surface area contributed by atoms with Crippen molar-refractivity contribution in [2.45, 2.75) is 48.0 Å². The predicted octanol–water partition coefficient (Wildman–Crippen LogP) is 2.58. The maximum atomic E-state index is 10.9. The minimum atomic E-state index is 0.110. The average molecular weight is 173 g/mol. The van der Waals surface area contributed by atoms with Gasteiger partial charge < -0.3 is 5.32 Å². The van der Waals surface area contributed by atoms with Crippen molar-refractivity contribution in [3.8, 4) is 0 Å². The molecule has 0 heterocycles. The number of hydrogen-bond acceptors (Lipinski definition) is 1. The van der Waals surface area contributed by atoms with Crippen molar-refractivity contribution >= 4 is 5.91 Å². The van der Waals surface area contributed by atoms with Crippen LogP contribution < -0.4 is 5.32 Å². The van der Waals surface area contributed by atoms with Gasteiger partial charge >= 0.3 is 0 Å². The van der Waals surface area contributed by atoms with Gasteiger partial charge in [-0.25, -0.2) is 0 Å². The highest BCUT2D eigenvalue weighted by atomic mass is 16.1. The van der Waals surface area contributed by atoms with E-state index < -0.39 is 0 Å². The standard InChI is InChI=1S/C8H17NO.C2H6/c1-5-9-7(10)6-8(2,3)4;1-2/h5-6H2,1-4H3,(H,9,10);1-2H3. The summed E-state index contributed by atoms with van der Waals surface area (Å²) in [5, 5.41) is 2.76. The van der Waals surface area contributed by atoms with Gasteiger partial charge in [-0.3, -0.25) is 4.79 Å². The Morgan fingerprint density at radius 2 is 1.67 bits per heavy atom. The number of carbonyl (C=O) groups is 1. The molecule has 74 valence electrons. The molecule has 1 amide bonds. The molecule has 12 heavy (non-hydrogen) atoms. The van der Waals surface area contributed by atoms with E-state index in [-0.39, 0.29) is 11.3 Å². The van der Waals surface area contributed by atoms with Gasteiger partial charge in [0.05, 0.1) is 0 Å². The molecule has 0 aromatic heterocycles. The zero-order valence-electron chi connectivity index (χ0n) is 9.32. The van der Waals surface area contributed by atoms with Crippen LogP contribution in [0, 0.1) is 5.41 Å². The fraction of sp³-hybridized carbons (Fsp3) is 0.900. The van der Waals surface area contributed by atoms with E-state index in [0.717, 1.165) is 6.54 Å². The molecular weight excluding hydrogens is 150 g/mol. The predicted molar refractivity (Wildman–Crippen MR) is 54.1 cm³/mol. The van der Waals surface area contributed by atoms with E-state index in [1.165, 1.54) is 0 Å². The topological polar surface area (TPSA) is 29.1 Å². The summed E-state index contributed by atoms with van der Waals surface area (Å²) in [4.78, 5) is 10.9. The Bertz CT molecular complexity index is 113. The summed E-state index contributed by atoms with van der Waals surface area (Å²) in [5.74, 6) is 0.148. The molecule has 0 unspecified atom stereocenters. The van der Waals surface area contributed by atoms with Crippen LogP contribution in [0.3, 0.4) is 0 Å². The number of rotatable bonds is 2. The highest BCUT2D eigenvalue weighted by Crippen LogP contribution is 2.17. The minimum Gasteiger partial charge on any atom is -0.356 e. The zero-order chi connectivity index (χ0) is 10.2. The maximum absolute atomic E-state index is 10.9. The Hall–Kier alpha value is -0.530. The van der Waals surface area contributed by atoms with E-state index in [1.807, 2.05) is 20.8 Å². The highest BCUT2D eigenvalue weighted by molar-refractivity contribution is 5.76. The van der Waals surface area contributed by atoms with Gasteiger partial charge in [0, 0.05) is 13.0 Å². The van der Waals surface area contributed by atoms with Crippen LogP contribution in [0.15, 0.2) is 0 Å². The number of hydrogen-bond donors (Lipinski definition) is 1. The van der Waals surface area contributed by atoms with Crippen LogP contribution in [0.2, 0.25) is 0 Å². The van der Waals surface area contributed by atoms with Crippen molar-refractivity contribution in [2.75, 3.05) is 6.54 Å². The van der Waals surface area contributed by atoms with Crippen LogP contribution in [0.5, 0.6) is 0 Å². The monoisotopic (exact) mass is 173 g/mol. The van der Waals surface area contributed by atoms with Gasteiger partial charge in [0.25, 0.3) is 0 Å². The van der Waals surface area contributed by atoms with Crippen molar-refractivity contribution in [1.29, 1.82) is 0 Å². The molecule has 0 aliphatic heterocycles. The molecule has 0 saturated heterocycles. The molecule has 1 N–H and O–H groups in total. The summed E-state index contributed by atoms with van der Waals surface area (Å²) in [6, 6.07) is 0. The summed E-state index contributed by atoms with van der Waals surface area (Å²) >= 11 is 0. The van der Waals surface area contributed by atoms with Crippen LogP contribution in [0.4, 0.5) is 0 Å². The van der Waals surface area contributed by atoms with E-state index in [0.29, 0.717) is 6.42 Å². The normalized spacial score (nSPS) is 9.83. The zero-order valence-corrected chi connectivity index (χ0v) is 9.32. The first kappa shape index (κ1) is 14.0. The molecule has 0 saturated carbocycles. The molecular formula is C10H23NO. The number of amides is 1. The Labute approximate surface area is 76.7 Å². The van der Waals surface area contributed by atoms with E-state index in [9.17, 15) is 4.79 Å². The van der Waals surface area contributed by atoms with E-state index in [4.69, 9.17) is 0 Å². The Morgan fingerprint density at radius 3 is 1.92 bits per heavy atom. The molecule has 0 spiro atoms. The lowest BCUT2D eigenvalue weighted by atomic mass is 9.92. The molecule has 0 radical (unpaired) electrons. The van der Waals surface area contributed by atoms with Gasteiger partial charge in [0.2, 0.25) is 5.91 Å². The van der Waals surface area contributed by atoms with E-state index in [1.54, 1.807) is 0 Å². The van der Waals surface area contributed by atoms with Crippen molar-refractivity contribution in [3.05, 3.63) is 0 Å². The van der Waals surface area contributed by atoms with Crippen molar-refractivity contribution < 1.29 is 4.79 Å². The van der Waals surface area contributed by atoms with Crippen LogP contribution >= 0.6 is 0 Å². The number of carbonyl (C=O) groups excluding carboxylic acids is 1. The third kappa shape index (κ3) is 12.2. The summed E-state index contributed by atoms with van der Waals surface area (Å²) in [6.45, 7) is 12.8. The van der Waals surface area contributed by atoms with Crippen LogP contribution in [-0.2, 0) is 4.79 Å². The van der Waals surface area contributed by atoms with E-state index in [2.05, 4.69) is 26.1 Å². The summed E-state index contributed by atoms with van der Waals surface area (Å²) in [7, 11) is 0. The highest BCUT2D eigenvalue weighted by Gasteiger charge is 2.14. The molecule has 0 bridgehead atoms. The quantitative estimate of drug-likeness (QED) is 0.683. The lowest BCUT2D eigenvalue weighted by Gasteiger charge is -2.16. The lowest BCUT2D eigenvalue weighted by molar-refractivity contribution is -0.122. The Balaban J connectivity index is 0. The van der Waals surface area contributed by atoms with Gasteiger partial charge in [-0.1, -0.05) is 34.6 Å². The first-order valence-electron chi connectivity index (χ1n) is 4.72. The summed E-state index contributed by atoms with van der Waals surface area (Å²) in [6.07, 6.45) is 0.612. The van der Waals surface area contributed by atoms with Crippen LogP contribution in [0.1, 0.15) is 48.0 Å². The fourth-order valence-electron chi connectivity index (χ4n) is 0.741. The van der Waals surface area contributed by atoms with Crippen LogP contribution in [0.25, 0.3) is 0 Å². The van der Waals surface area contributed by atoms with E-state index >= 15 is 0 Å². The van der Waals surface area contributed by atoms with Gasteiger partial charge in [-0.2, -0.15) is 0 Å². The lowest BCUT2D eigenvalue weighted by Crippen LogP contribution is -2.27.